The summed E-state index contributed by atoms with van der Waals surface area (Å²) in [7, 11) is 0. The van der Waals surface area contributed by atoms with Crippen molar-refractivity contribution in [3.63, 3.8) is 0 Å². The number of nitrogens with one attached hydrogen (secondary N) is 1. The van der Waals surface area contributed by atoms with E-state index in [0.29, 0.717) is 26.0 Å². The van der Waals surface area contributed by atoms with Gasteiger partial charge in [0.2, 0.25) is 11.8 Å². The molecular weight excluding hydrogens is 308 g/mol. The van der Waals surface area contributed by atoms with E-state index < -0.39 is 5.41 Å². The second-order valence-electron chi connectivity index (χ2n) is 7.47. The lowest BCUT2D eigenvalue weighted by atomic mass is 9.69. The molecule has 1 aliphatic carbocycles. The highest BCUT2D eigenvalue weighted by Gasteiger charge is 2.54. The minimum Gasteiger partial charge on any atom is -0.466 e. The van der Waals surface area contributed by atoms with Gasteiger partial charge in [-0.3, -0.25) is 14.4 Å². The molecule has 1 N–H and O–H groups in total. The van der Waals surface area contributed by atoms with Gasteiger partial charge >= 0.3 is 5.97 Å². The van der Waals surface area contributed by atoms with Crippen molar-refractivity contribution in [3.05, 3.63) is 0 Å². The zero-order chi connectivity index (χ0) is 17.2. The van der Waals surface area contributed by atoms with E-state index in [4.69, 9.17) is 4.74 Å². The van der Waals surface area contributed by atoms with Crippen LogP contribution in [0.1, 0.15) is 58.3 Å². The van der Waals surface area contributed by atoms with Crippen LogP contribution in [0, 0.1) is 11.3 Å². The van der Waals surface area contributed by atoms with Crippen molar-refractivity contribution >= 4 is 17.8 Å². The van der Waals surface area contributed by atoms with Crippen LogP contribution in [0.2, 0.25) is 0 Å². The van der Waals surface area contributed by atoms with Crippen LogP contribution in [0.4, 0.5) is 0 Å². The maximum atomic E-state index is 13.3. The molecule has 6 nitrogen and oxygen atoms in total. The molecule has 3 atom stereocenters. The quantitative estimate of drug-likeness (QED) is 0.792. The largest absolute Gasteiger partial charge is 0.466 e. The van der Waals surface area contributed by atoms with Crippen molar-refractivity contribution in [1.82, 2.24) is 10.2 Å². The van der Waals surface area contributed by atoms with Gasteiger partial charge in [0, 0.05) is 25.6 Å². The third-order valence-electron chi connectivity index (χ3n) is 5.84. The summed E-state index contributed by atoms with van der Waals surface area (Å²) < 4.78 is 5.04. The van der Waals surface area contributed by atoms with Gasteiger partial charge in [0.05, 0.1) is 18.4 Å². The number of hydrogen-bond acceptors (Lipinski definition) is 4. The molecule has 2 amide bonds. The number of rotatable bonds is 4. The van der Waals surface area contributed by atoms with Gasteiger partial charge in [-0.2, -0.15) is 0 Å². The molecule has 1 saturated carbocycles. The summed E-state index contributed by atoms with van der Waals surface area (Å²) >= 11 is 0. The first-order valence-electron chi connectivity index (χ1n) is 9.29. The van der Waals surface area contributed by atoms with Gasteiger partial charge < -0.3 is 15.0 Å². The van der Waals surface area contributed by atoms with Crippen LogP contribution in [-0.2, 0) is 19.1 Å². The van der Waals surface area contributed by atoms with Crippen LogP contribution in [0.15, 0.2) is 0 Å². The third-order valence-corrected chi connectivity index (χ3v) is 5.84. The Morgan fingerprint density at radius 2 is 2.12 bits per heavy atom. The van der Waals surface area contributed by atoms with Crippen LogP contribution in [-0.4, -0.2) is 48.4 Å². The average Bonchev–Trinajstić information content (AvgIpc) is 2.91. The lowest BCUT2D eigenvalue weighted by Crippen LogP contribution is -2.54. The summed E-state index contributed by atoms with van der Waals surface area (Å²) in [6.07, 6.45) is 6.36. The van der Waals surface area contributed by atoms with Gasteiger partial charge in [0.15, 0.2) is 0 Å². The van der Waals surface area contributed by atoms with Crippen LogP contribution in [0.5, 0.6) is 0 Å². The number of esters is 1. The molecule has 3 fully saturated rings. The fourth-order valence-corrected chi connectivity index (χ4v) is 4.71. The Morgan fingerprint density at radius 1 is 1.29 bits per heavy atom. The number of carbonyl (C=O) groups excluding carboxylic acids is 3. The second kappa shape index (κ2) is 7.11. The fraction of sp³-hybridized carbons (Fsp3) is 0.833. The monoisotopic (exact) mass is 336 g/mol. The van der Waals surface area contributed by atoms with E-state index in [1.54, 1.807) is 6.92 Å². The molecule has 0 aromatic carbocycles. The molecule has 3 aliphatic rings. The van der Waals surface area contributed by atoms with Crippen molar-refractivity contribution < 1.29 is 19.1 Å². The number of fused-ring (bicyclic) bond motifs is 1. The molecule has 2 saturated heterocycles. The Morgan fingerprint density at radius 3 is 2.92 bits per heavy atom. The normalized spacial score (nSPS) is 32.9. The summed E-state index contributed by atoms with van der Waals surface area (Å²) in [5.41, 5.74) is -0.541. The molecule has 6 heteroatoms. The Kier molecular flexibility index (Phi) is 5.11. The Bertz CT molecular complexity index is 521. The van der Waals surface area contributed by atoms with E-state index >= 15 is 0 Å². The van der Waals surface area contributed by atoms with Gasteiger partial charge in [-0.05, 0) is 38.5 Å². The van der Waals surface area contributed by atoms with Gasteiger partial charge in [0.25, 0.3) is 0 Å². The molecule has 2 heterocycles. The van der Waals surface area contributed by atoms with E-state index in [1.807, 2.05) is 4.90 Å². The van der Waals surface area contributed by atoms with Crippen molar-refractivity contribution in [3.8, 4) is 0 Å². The highest BCUT2D eigenvalue weighted by Crippen LogP contribution is 2.45. The lowest BCUT2D eigenvalue weighted by Gasteiger charge is -2.42. The van der Waals surface area contributed by atoms with Crippen molar-refractivity contribution in [2.45, 2.75) is 64.3 Å². The number of carbonyl (C=O) groups is 3. The smallest absolute Gasteiger partial charge is 0.306 e. The van der Waals surface area contributed by atoms with Crippen LogP contribution in [0.25, 0.3) is 0 Å². The minimum absolute atomic E-state index is 0.00307. The highest BCUT2D eigenvalue weighted by molar-refractivity contribution is 5.93. The molecule has 0 aromatic heterocycles. The van der Waals surface area contributed by atoms with Crippen LogP contribution < -0.4 is 5.32 Å². The maximum Gasteiger partial charge on any atom is 0.306 e. The maximum absolute atomic E-state index is 13.3. The number of piperidine rings is 1. The number of hydrogen-bond donors (Lipinski definition) is 1. The number of nitrogens with zero attached hydrogens (tertiary/aromatic N) is 1. The highest BCUT2D eigenvalue weighted by atomic mass is 16.5. The lowest BCUT2D eigenvalue weighted by molar-refractivity contribution is -0.150. The summed E-state index contributed by atoms with van der Waals surface area (Å²) in [6.45, 7) is 3.55. The first-order valence-corrected chi connectivity index (χ1v) is 9.29. The molecule has 134 valence electrons. The Balaban J connectivity index is 1.67. The molecule has 3 rings (SSSR count). The first kappa shape index (κ1) is 17.2. The van der Waals surface area contributed by atoms with Crippen LogP contribution >= 0.6 is 0 Å². The average molecular weight is 336 g/mol. The molecular formula is C18H28N2O4. The predicted octanol–water partition coefficient (Wildman–Crippen LogP) is 1.63. The van der Waals surface area contributed by atoms with Crippen molar-refractivity contribution in [2.75, 3.05) is 19.7 Å². The van der Waals surface area contributed by atoms with Gasteiger partial charge in [-0.25, -0.2) is 0 Å². The Hall–Kier alpha value is -1.59. The zero-order valence-corrected chi connectivity index (χ0v) is 14.5. The van der Waals surface area contributed by atoms with E-state index in [9.17, 15) is 14.4 Å². The minimum atomic E-state index is -0.541. The van der Waals surface area contributed by atoms with E-state index in [2.05, 4.69) is 5.32 Å². The number of amides is 2. The molecule has 0 radical (unpaired) electrons. The van der Waals surface area contributed by atoms with Crippen molar-refractivity contribution in [1.29, 1.82) is 0 Å². The number of ether oxygens (including phenoxy) is 1. The van der Waals surface area contributed by atoms with Gasteiger partial charge in [-0.15, -0.1) is 0 Å². The summed E-state index contributed by atoms with van der Waals surface area (Å²) in [5.74, 6) is 0.128. The second-order valence-corrected chi connectivity index (χ2v) is 7.47. The molecule has 0 aromatic rings. The molecule has 2 aliphatic heterocycles. The number of likely N-dealkylation sites (tertiary alicyclic amines) is 1. The topological polar surface area (TPSA) is 75.7 Å². The SMILES string of the molecule is CCOC(=O)CC1CCCN(C(=O)[C@@]23CCCC[C@@H]2NC(=O)C3)C1. The van der Waals surface area contributed by atoms with Crippen LogP contribution in [0.3, 0.4) is 0 Å². The van der Waals surface area contributed by atoms with Gasteiger partial charge in [-0.1, -0.05) is 12.8 Å². The molecule has 0 bridgehead atoms. The first-order chi connectivity index (χ1) is 11.5. The molecule has 1 unspecified atom stereocenters. The van der Waals surface area contributed by atoms with E-state index in [-0.39, 0.29) is 29.7 Å². The van der Waals surface area contributed by atoms with E-state index in [0.717, 1.165) is 45.1 Å². The van der Waals surface area contributed by atoms with Crippen molar-refractivity contribution in [2.24, 2.45) is 11.3 Å². The van der Waals surface area contributed by atoms with E-state index in [1.165, 1.54) is 0 Å². The Labute approximate surface area is 143 Å². The molecule has 0 spiro atoms. The zero-order valence-electron chi connectivity index (χ0n) is 14.5. The predicted molar refractivity (Wildman–Crippen MR) is 88.0 cm³/mol. The summed E-state index contributed by atoms with van der Waals surface area (Å²) in [5, 5.41) is 3.02. The molecule has 24 heavy (non-hydrogen) atoms. The third kappa shape index (κ3) is 3.28. The van der Waals surface area contributed by atoms with Gasteiger partial charge in [0.1, 0.15) is 0 Å². The summed E-state index contributed by atoms with van der Waals surface area (Å²) in [6, 6.07) is -0.00307. The fourth-order valence-electron chi connectivity index (χ4n) is 4.71. The standard InChI is InChI=1S/C18H28N2O4/c1-2-24-16(22)10-13-6-5-9-20(12-13)17(23)18-8-4-3-7-14(18)19-15(21)11-18/h13-14H,2-12H2,1H3,(H,19,21)/t13?,14-,18+/m0/s1. The summed E-state index contributed by atoms with van der Waals surface area (Å²) in [4.78, 5) is 38.9.